The summed E-state index contributed by atoms with van der Waals surface area (Å²) in [7, 11) is 2.22. The molecular weight excluding hydrogens is 198 g/mol. The normalized spacial score (nSPS) is 24.0. The second-order valence-electron chi connectivity index (χ2n) is 6.68. The second kappa shape index (κ2) is 5.03. The summed E-state index contributed by atoms with van der Waals surface area (Å²) in [5.74, 6) is 0.804. The lowest BCUT2D eigenvalue weighted by molar-refractivity contribution is 0.187. The molecule has 0 aromatic carbocycles. The molecule has 0 amide bonds. The summed E-state index contributed by atoms with van der Waals surface area (Å²) < 4.78 is 0. The lowest BCUT2D eigenvalue weighted by atomic mass is 9.77. The van der Waals surface area contributed by atoms with Gasteiger partial charge >= 0.3 is 0 Å². The van der Waals surface area contributed by atoms with Crippen molar-refractivity contribution >= 4 is 0 Å². The predicted molar refractivity (Wildman–Crippen MR) is 70.5 cm³/mol. The van der Waals surface area contributed by atoms with Crippen LogP contribution >= 0.6 is 0 Å². The first-order valence-electron chi connectivity index (χ1n) is 6.40. The van der Waals surface area contributed by atoms with Gasteiger partial charge in [0.1, 0.15) is 0 Å². The fourth-order valence-corrected chi connectivity index (χ4v) is 2.26. The first-order valence-corrected chi connectivity index (χ1v) is 6.40. The van der Waals surface area contributed by atoms with Gasteiger partial charge < -0.3 is 16.0 Å². The van der Waals surface area contributed by atoms with Crippen molar-refractivity contribution in [3.63, 3.8) is 0 Å². The molecule has 1 atom stereocenters. The molecule has 1 aliphatic heterocycles. The van der Waals surface area contributed by atoms with Crippen LogP contribution < -0.4 is 11.1 Å². The Bertz CT molecular complexity index is 223. The summed E-state index contributed by atoms with van der Waals surface area (Å²) in [6.45, 7) is 13.3. The Morgan fingerprint density at radius 3 is 2.38 bits per heavy atom. The van der Waals surface area contributed by atoms with Gasteiger partial charge in [0.15, 0.2) is 0 Å². The van der Waals surface area contributed by atoms with E-state index < -0.39 is 0 Å². The molecule has 16 heavy (non-hydrogen) atoms. The summed E-state index contributed by atoms with van der Waals surface area (Å²) in [5, 5.41) is 3.60. The van der Waals surface area contributed by atoms with Gasteiger partial charge in [-0.1, -0.05) is 13.8 Å². The molecule has 1 aliphatic rings. The van der Waals surface area contributed by atoms with Gasteiger partial charge in [0, 0.05) is 25.2 Å². The quantitative estimate of drug-likeness (QED) is 0.744. The van der Waals surface area contributed by atoms with Crippen LogP contribution in [-0.4, -0.2) is 43.7 Å². The van der Waals surface area contributed by atoms with E-state index in [9.17, 15) is 0 Å². The SMILES string of the molecule is CN1CCC(C(C)(C)CNC(C)(C)CN)C1. The second-order valence-corrected chi connectivity index (χ2v) is 6.68. The molecule has 1 unspecified atom stereocenters. The average molecular weight is 227 g/mol. The van der Waals surface area contributed by atoms with E-state index in [0.717, 1.165) is 12.5 Å². The molecule has 3 N–H and O–H groups in total. The Labute approximate surface area is 101 Å². The van der Waals surface area contributed by atoms with Crippen LogP contribution in [0.2, 0.25) is 0 Å². The molecule has 0 aliphatic carbocycles. The molecule has 3 heteroatoms. The lowest BCUT2D eigenvalue weighted by Crippen LogP contribution is -2.50. The molecule has 1 rings (SSSR count). The highest BCUT2D eigenvalue weighted by Gasteiger charge is 2.34. The number of nitrogens with two attached hydrogens (primary N) is 1. The number of rotatable bonds is 5. The van der Waals surface area contributed by atoms with Crippen LogP contribution in [0.15, 0.2) is 0 Å². The molecule has 1 saturated heterocycles. The number of likely N-dealkylation sites (tertiary alicyclic amines) is 1. The molecular formula is C13H29N3. The first-order chi connectivity index (χ1) is 7.27. The van der Waals surface area contributed by atoms with Crippen LogP contribution in [0.1, 0.15) is 34.1 Å². The number of nitrogens with zero attached hydrogens (tertiary/aromatic N) is 1. The van der Waals surface area contributed by atoms with Crippen molar-refractivity contribution in [3.05, 3.63) is 0 Å². The molecule has 0 aromatic heterocycles. The van der Waals surface area contributed by atoms with Crippen LogP contribution in [0, 0.1) is 11.3 Å². The highest BCUT2D eigenvalue weighted by Crippen LogP contribution is 2.33. The molecule has 1 fully saturated rings. The maximum absolute atomic E-state index is 5.74. The molecule has 96 valence electrons. The fourth-order valence-electron chi connectivity index (χ4n) is 2.26. The van der Waals surface area contributed by atoms with Crippen LogP contribution in [0.25, 0.3) is 0 Å². The van der Waals surface area contributed by atoms with Crippen molar-refractivity contribution in [2.45, 2.75) is 39.7 Å². The van der Waals surface area contributed by atoms with Crippen molar-refractivity contribution < 1.29 is 0 Å². The van der Waals surface area contributed by atoms with Crippen molar-refractivity contribution in [1.82, 2.24) is 10.2 Å². The zero-order valence-corrected chi connectivity index (χ0v) is 11.6. The van der Waals surface area contributed by atoms with Gasteiger partial charge in [-0.2, -0.15) is 0 Å². The summed E-state index contributed by atoms with van der Waals surface area (Å²) in [6, 6.07) is 0. The number of hydrogen-bond acceptors (Lipinski definition) is 3. The Kier molecular flexibility index (Phi) is 4.38. The highest BCUT2D eigenvalue weighted by atomic mass is 15.1. The molecule has 3 nitrogen and oxygen atoms in total. The van der Waals surface area contributed by atoms with Crippen molar-refractivity contribution in [2.24, 2.45) is 17.1 Å². The van der Waals surface area contributed by atoms with E-state index in [1.54, 1.807) is 0 Å². The molecule has 0 spiro atoms. The molecule has 0 bridgehead atoms. The Morgan fingerprint density at radius 2 is 1.94 bits per heavy atom. The van der Waals surface area contributed by atoms with Crippen LogP contribution in [-0.2, 0) is 0 Å². The van der Waals surface area contributed by atoms with Gasteiger partial charge in [0.05, 0.1) is 0 Å². The molecule has 0 aromatic rings. The van der Waals surface area contributed by atoms with E-state index in [1.165, 1.54) is 19.5 Å². The Hall–Kier alpha value is -0.120. The minimum atomic E-state index is 0.0573. The Balaban J connectivity index is 2.45. The van der Waals surface area contributed by atoms with E-state index in [0.29, 0.717) is 12.0 Å². The van der Waals surface area contributed by atoms with Crippen LogP contribution in [0.3, 0.4) is 0 Å². The third kappa shape index (κ3) is 3.72. The number of nitrogens with one attached hydrogen (secondary N) is 1. The van der Waals surface area contributed by atoms with Gasteiger partial charge in [-0.05, 0) is 45.2 Å². The largest absolute Gasteiger partial charge is 0.329 e. The zero-order chi connectivity index (χ0) is 12.4. The minimum Gasteiger partial charge on any atom is -0.329 e. The molecule has 0 saturated carbocycles. The first kappa shape index (κ1) is 13.9. The smallest absolute Gasteiger partial charge is 0.0247 e. The van der Waals surface area contributed by atoms with E-state index in [1.807, 2.05) is 0 Å². The maximum atomic E-state index is 5.74. The van der Waals surface area contributed by atoms with Crippen LogP contribution in [0.4, 0.5) is 0 Å². The standard InChI is InChI=1S/C13H29N3/c1-12(2,10-15-13(3,4)9-14)11-6-7-16(5)8-11/h11,15H,6-10,14H2,1-5H3. The number of hydrogen-bond donors (Lipinski definition) is 2. The fraction of sp³-hybridized carbons (Fsp3) is 1.00. The minimum absolute atomic E-state index is 0.0573. The van der Waals surface area contributed by atoms with Gasteiger partial charge in [0.25, 0.3) is 0 Å². The highest BCUT2D eigenvalue weighted by molar-refractivity contribution is 4.89. The van der Waals surface area contributed by atoms with Crippen LogP contribution in [0.5, 0.6) is 0 Å². The third-order valence-electron chi connectivity index (χ3n) is 4.03. The van der Waals surface area contributed by atoms with Crippen molar-refractivity contribution in [3.8, 4) is 0 Å². The summed E-state index contributed by atoms with van der Waals surface area (Å²) >= 11 is 0. The molecule has 0 radical (unpaired) electrons. The summed E-state index contributed by atoms with van der Waals surface area (Å²) in [4.78, 5) is 2.43. The van der Waals surface area contributed by atoms with Gasteiger partial charge in [0.2, 0.25) is 0 Å². The lowest BCUT2D eigenvalue weighted by Gasteiger charge is -2.36. The third-order valence-corrected chi connectivity index (χ3v) is 4.03. The summed E-state index contributed by atoms with van der Waals surface area (Å²) in [5.41, 5.74) is 6.16. The monoisotopic (exact) mass is 227 g/mol. The van der Waals surface area contributed by atoms with E-state index in [-0.39, 0.29) is 5.54 Å². The maximum Gasteiger partial charge on any atom is 0.0247 e. The summed E-state index contributed by atoms with van der Waals surface area (Å²) in [6.07, 6.45) is 1.33. The van der Waals surface area contributed by atoms with Gasteiger partial charge in [-0.3, -0.25) is 0 Å². The van der Waals surface area contributed by atoms with E-state index in [4.69, 9.17) is 5.73 Å². The topological polar surface area (TPSA) is 41.3 Å². The van der Waals surface area contributed by atoms with E-state index >= 15 is 0 Å². The Morgan fingerprint density at radius 1 is 1.31 bits per heavy atom. The van der Waals surface area contributed by atoms with Crippen molar-refractivity contribution in [2.75, 3.05) is 33.2 Å². The van der Waals surface area contributed by atoms with E-state index in [2.05, 4.69) is 45.0 Å². The van der Waals surface area contributed by atoms with Crippen molar-refractivity contribution in [1.29, 1.82) is 0 Å². The molecule has 1 heterocycles. The van der Waals surface area contributed by atoms with Gasteiger partial charge in [-0.25, -0.2) is 0 Å². The predicted octanol–water partition coefficient (Wildman–Crippen LogP) is 1.29. The zero-order valence-electron chi connectivity index (χ0n) is 11.6. The average Bonchev–Trinajstić information content (AvgIpc) is 2.63. The van der Waals surface area contributed by atoms with Gasteiger partial charge in [-0.15, -0.1) is 0 Å².